The molecule has 0 fully saturated rings. The number of carboxylic acid groups (broad SMARTS) is 1. The molecule has 0 aromatic carbocycles. The molecule has 0 spiro atoms. The van der Waals surface area contributed by atoms with Crippen molar-refractivity contribution >= 4 is 23.4 Å². The first-order chi connectivity index (χ1) is 5.79. The zero-order valence-electron chi connectivity index (χ0n) is 7.27. The van der Waals surface area contributed by atoms with Crippen molar-refractivity contribution in [1.29, 1.82) is 0 Å². The summed E-state index contributed by atoms with van der Waals surface area (Å²) in [6.07, 6.45) is 5.94. The predicted octanol–water partition coefficient (Wildman–Crippen LogP) is -1.93. The minimum absolute atomic E-state index is 0. The molecule has 0 aliphatic carbocycles. The first kappa shape index (κ1) is 12.7. The largest absolute Gasteiger partial charge is 1.00 e. The molecule has 0 saturated carbocycles. The molecule has 1 aromatic heterocycles. The molecular formula is C9H7NaO2S. The topological polar surface area (TPSA) is 40.1 Å². The van der Waals surface area contributed by atoms with E-state index in [2.05, 4.69) is 0 Å². The average molecular weight is 202 g/mol. The van der Waals surface area contributed by atoms with Crippen LogP contribution in [0.2, 0.25) is 0 Å². The van der Waals surface area contributed by atoms with Crippen molar-refractivity contribution in [3.8, 4) is 0 Å². The monoisotopic (exact) mass is 202 g/mol. The Morgan fingerprint density at radius 3 is 2.77 bits per heavy atom. The Bertz CT molecular complexity index is 301. The van der Waals surface area contributed by atoms with Gasteiger partial charge in [0, 0.05) is 4.88 Å². The van der Waals surface area contributed by atoms with Crippen molar-refractivity contribution < 1.29 is 39.5 Å². The Labute approximate surface area is 103 Å². The molecule has 0 amide bonds. The molecule has 0 bridgehead atoms. The molecule has 0 N–H and O–H groups in total. The number of carbonyl (C=O) groups excluding carboxylic acids is 1. The molecule has 0 aliphatic rings. The molecule has 2 nitrogen and oxygen atoms in total. The van der Waals surface area contributed by atoms with Crippen LogP contribution in [0.1, 0.15) is 4.88 Å². The van der Waals surface area contributed by atoms with E-state index in [9.17, 15) is 9.90 Å². The molecule has 0 unspecified atom stereocenters. The van der Waals surface area contributed by atoms with Crippen molar-refractivity contribution in [2.45, 2.75) is 0 Å². The van der Waals surface area contributed by atoms with Gasteiger partial charge in [0.15, 0.2) is 0 Å². The van der Waals surface area contributed by atoms with Gasteiger partial charge in [-0.3, -0.25) is 0 Å². The summed E-state index contributed by atoms with van der Waals surface area (Å²) in [5, 5.41) is 11.9. The maximum atomic E-state index is 9.93. The molecule has 62 valence electrons. The minimum Gasteiger partial charge on any atom is -0.545 e. The summed E-state index contributed by atoms with van der Waals surface area (Å²) < 4.78 is 0. The van der Waals surface area contributed by atoms with Crippen LogP contribution >= 0.6 is 11.3 Å². The van der Waals surface area contributed by atoms with E-state index in [4.69, 9.17) is 0 Å². The fourth-order valence-electron chi connectivity index (χ4n) is 0.671. The van der Waals surface area contributed by atoms with E-state index in [1.165, 1.54) is 6.08 Å². The summed E-state index contributed by atoms with van der Waals surface area (Å²) in [7, 11) is 0. The summed E-state index contributed by atoms with van der Waals surface area (Å²) in [5.74, 6) is -1.18. The summed E-state index contributed by atoms with van der Waals surface area (Å²) in [4.78, 5) is 11.0. The maximum Gasteiger partial charge on any atom is 1.00 e. The van der Waals surface area contributed by atoms with Gasteiger partial charge in [0.05, 0.1) is 5.97 Å². The van der Waals surface area contributed by atoms with E-state index in [0.717, 1.165) is 11.0 Å². The van der Waals surface area contributed by atoms with Crippen LogP contribution in [0.4, 0.5) is 0 Å². The van der Waals surface area contributed by atoms with Gasteiger partial charge in [-0.15, -0.1) is 11.3 Å². The molecule has 4 heteroatoms. The van der Waals surface area contributed by atoms with Gasteiger partial charge in [0.2, 0.25) is 0 Å². The third-order valence-corrected chi connectivity index (χ3v) is 1.98. The van der Waals surface area contributed by atoms with Crippen molar-refractivity contribution in [3.63, 3.8) is 0 Å². The third-order valence-electron chi connectivity index (χ3n) is 1.15. The molecular weight excluding hydrogens is 195 g/mol. The van der Waals surface area contributed by atoms with Gasteiger partial charge in [0.25, 0.3) is 0 Å². The van der Waals surface area contributed by atoms with Crippen LogP contribution in [0, 0.1) is 0 Å². The maximum absolute atomic E-state index is 9.93. The van der Waals surface area contributed by atoms with E-state index in [1.807, 2.05) is 23.6 Å². The Kier molecular flexibility index (Phi) is 6.90. The van der Waals surface area contributed by atoms with Crippen LogP contribution in [0.5, 0.6) is 0 Å². The quantitative estimate of drug-likeness (QED) is 0.325. The van der Waals surface area contributed by atoms with Crippen molar-refractivity contribution in [2.75, 3.05) is 0 Å². The first-order valence-electron chi connectivity index (χ1n) is 3.38. The number of aliphatic carboxylic acids is 1. The Balaban J connectivity index is 0.00000144. The fourth-order valence-corrected chi connectivity index (χ4v) is 1.30. The average Bonchev–Trinajstić information content (AvgIpc) is 2.49. The second-order valence-corrected chi connectivity index (χ2v) is 3.03. The summed E-state index contributed by atoms with van der Waals surface area (Å²) in [6, 6.07) is 3.89. The number of hydrogen-bond acceptors (Lipinski definition) is 3. The minimum atomic E-state index is -1.18. The SMILES string of the molecule is O=C([O-])C=CC=Cc1cccs1.[Na+]. The van der Waals surface area contributed by atoms with Crippen LogP contribution in [0.15, 0.2) is 35.7 Å². The van der Waals surface area contributed by atoms with Crippen LogP contribution < -0.4 is 34.7 Å². The van der Waals surface area contributed by atoms with Crippen LogP contribution in [0.3, 0.4) is 0 Å². The van der Waals surface area contributed by atoms with Crippen molar-refractivity contribution in [2.24, 2.45) is 0 Å². The predicted molar refractivity (Wildman–Crippen MR) is 47.5 cm³/mol. The van der Waals surface area contributed by atoms with Crippen LogP contribution in [-0.4, -0.2) is 5.97 Å². The zero-order valence-corrected chi connectivity index (χ0v) is 10.1. The normalized spacial score (nSPS) is 10.5. The van der Waals surface area contributed by atoms with Gasteiger partial charge in [-0.1, -0.05) is 18.2 Å². The number of rotatable bonds is 3. The smallest absolute Gasteiger partial charge is 0.545 e. The van der Waals surface area contributed by atoms with Gasteiger partial charge < -0.3 is 9.90 Å². The van der Waals surface area contributed by atoms with Gasteiger partial charge in [0.1, 0.15) is 0 Å². The number of carboxylic acids is 1. The van der Waals surface area contributed by atoms with Gasteiger partial charge in [-0.05, 0) is 23.6 Å². The summed E-state index contributed by atoms with van der Waals surface area (Å²) in [5.41, 5.74) is 0. The third kappa shape index (κ3) is 5.82. The first-order valence-corrected chi connectivity index (χ1v) is 4.26. The van der Waals surface area contributed by atoms with E-state index in [-0.39, 0.29) is 29.6 Å². The molecule has 0 radical (unpaired) electrons. The zero-order chi connectivity index (χ0) is 8.81. The number of carbonyl (C=O) groups is 1. The number of hydrogen-bond donors (Lipinski definition) is 0. The number of thiophene rings is 1. The number of allylic oxidation sites excluding steroid dienone is 2. The Morgan fingerprint density at radius 2 is 2.23 bits per heavy atom. The fraction of sp³-hybridized carbons (Fsp3) is 0. The van der Waals surface area contributed by atoms with Crippen molar-refractivity contribution in [3.05, 3.63) is 40.6 Å². The van der Waals surface area contributed by atoms with Crippen LogP contribution in [-0.2, 0) is 4.79 Å². The van der Waals surface area contributed by atoms with Gasteiger partial charge in [-0.2, -0.15) is 0 Å². The van der Waals surface area contributed by atoms with Crippen LogP contribution in [0.25, 0.3) is 6.08 Å². The molecule has 0 aliphatic heterocycles. The molecule has 0 saturated heterocycles. The molecule has 0 atom stereocenters. The Morgan fingerprint density at radius 1 is 1.46 bits per heavy atom. The van der Waals surface area contributed by atoms with Crippen molar-refractivity contribution in [1.82, 2.24) is 0 Å². The second kappa shape index (κ2) is 7.09. The summed E-state index contributed by atoms with van der Waals surface area (Å²) in [6.45, 7) is 0. The molecule has 1 aromatic rings. The van der Waals surface area contributed by atoms with E-state index >= 15 is 0 Å². The van der Waals surface area contributed by atoms with E-state index in [1.54, 1.807) is 17.4 Å². The Hall–Kier alpha value is -0.350. The molecule has 13 heavy (non-hydrogen) atoms. The molecule has 1 rings (SSSR count). The second-order valence-electron chi connectivity index (χ2n) is 2.05. The van der Waals surface area contributed by atoms with Gasteiger partial charge >= 0.3 is 29.6 Å². The van der Waals surface area contributed by atoms with E-state index < -0.39 is 5.97 Å². The van der Waals surface area contributed by atoms with E-state index in [0.29, 0.717) is 0 Å². The standard InChI is InChI=1S/C9H8O2S.Na/c10-9(11)6-2-1-4-8-5-3-7-12-8;/h1-7H,(H,10,11);/q;+1/p-1. The van der Waals surface area contributed by atoms with Gasteiger partial charge in [-0.25, -0.2) is 0 Å². The molecule has 1 heterocycles. The summed E-state index contributed by atoms with van der Waals surface area (Å²) >= 11 is 1.60.